The highest BCUT2D eigenvalue weighted by Gasteiger charge is 2.41. The van der Waals surface area contributed by atoms with Gasteiger partial charge >= 0.3 is 0 Å². The second-order valence-corrected chi connectivity index (χ2v) is 9.18. The molecule has 38 heavy (non-hydrogen) atoms. The minimum atomic E-state index is -1.89. The molecule has 0 saturated heterocycles. The molecule has 0 aliphatic rings. The number of nitrogens with zero attached hydrogens (tertiary/aromatic N) is 6. The molecule has 5 rings (SSSR count). The van der Waals surface area contributed by atoms with Crippen LogP contribution in [0.4, 0.5) is 8.78 Å². The van der Waals surface area contributed by atoms with Crippen molar-refractivity contribution in [3.05, 3.63) is 119 Å². The van der Waals surface area contributed by atoms with Crippen molar-refractivity contribution in [2.24, 2.45) is 0 Å². The molecule has 0 amide bonds. The van der Waals surface area contributed by atoms with Gasteiger partial charge in [0.25, 0.3) is 0 Å². The van der Waals surface area contributed by atoms with Gasteiger partial charge in [-0.05, 0) is 55.0 Å². The zero-order valence-electron chi connectivity index (χ0n) is 20.4. The van der Waals surface area contributed by atoms with Gasteiger partial charge in [-0.2, -0.15) is 10.2 Å². The van der Waals surface area contributed by atoms with Gasteiger partial charge in [0.05, 0.1) is 12.6 Å². The Morgan fingerprint density at radius 1 is 1.00 bits per heavy atom. The summed E-state index contributed by atoms with van der Waals surface area (Å²) in [6.45, 7) is 1.94. The molecule has 0 radical (unpaired) electrons. The first-order valence-electron chi connectivity index (χ1n) is 11.8. The van der Waals surface area contributed by atoms with Crippen LogP contribution in [0.25, 0.3) is 5.69 Å². The van der Waals surface area contributed by atoms with E-state index in [1.165, 1.54) is 34.4 Å². The molecule has 11 heteroatoms. The van der Waals surface area contributed by atoms with Crippen LogP contribution in [0, 0.1) is 16.4 Å². The molecule has 0 aliphatic heterocycles. The number of rotatable bonds is 9. The van der Waals surface area contributed by atoms with Crippen LogP contribution in [0.1, 0.15) is 24.1 Å². The first kappa shape index (κ1) is 25.4. The minimum absolute atomic E-state index is 0.113. The highest BCUT2D eigenvalue weighted by atomic mass is 32.1. The van der Waals surface area contributed by atoms with Crippen molar-refractivity contribution >= 4 is 12.2 Å². The Morgan fingerprint density at radius 2 is 1.76 bits per heavy atom. The number of aromatic nitrogens is 6. The Kier molecular flexibility index (Phi) is 7.12. The average Bonchev–Trinajstić information content (AvgIpc) is 3.57. The molecule has 0 aliphatic carbocycles. The number of hydrogen-bond donors (Lipinski definition) is 1. The summed E-state index contributed by atoms with van der Waals surface area (Å²) in [6.07, 6.45) is 4.23. The fourth-order valence-corrected chi connectivity index (χ4v) is 4.61. The third-order valence-corrected chi connectivity index (χ3v) is 6.77. The fourth-order valence-electron chi connectivity index (χ4n) is 4.25. The molecule has 0 fully saturated rings. The number of halogens is 2. The Hall–Kier alpha value is -4.22. The lowest BCUT2D eigenvalue weighted by atomic mass is 9.86. The molecular weight excluding hydrogens is 510 g/mol. The van der Waals surface area contributed by atoms with Crippen LogP contribution in [0.3, 0.4) is 0 Å². The van der Waals surface area contributed by atoms with Crippen molar-refractivity contribution in [1.29, 1.82) is 0 Å². The summed E-state index contributed by atoms with van der Waals surface area (Å²) in [5.41, 5.74) is -0.213. The maximum absolute atomic E-state index is 14.9. The van der Waals surface area contributed by atoms with Crippen LogP contribution in [0.15, 0.2) is 91.8 Å². The van der Waals surface area contributed by atoms with E-state index in [1.807, 2.05) is 54.6 Å². The van der Waals surface area contributed by atoms with Gasteiger partial charge in [0.2, 0.25) is 4.77 Å². The molecule has 0 saturated carbocycles. The van der Waals surface area contributed by atoms with Crippen LogP contribution in [0.5, 0.6) is 5.75 Å². The van der Waals surface area contributed by atoms with Crippen molar-refractivity contribution in [2.45, 2.75) is 31.7 Å². The predicted octanol–water partition coefficient (Wildman–Crippen LogP) is 5.00. The lowest BCUT2D eigenvalue weighted by Gasteiger charge is -2.34. The van der Waals surface area contributed by atoms with Gasteiger partial charge in [-0.1, -0.05) is 36.4 Å². The number of hydrogen-bond acceptors (Lipinski definition) is 6. The Bertz CT molecular complexity index is 1570. The summed E-state index contributed by atoms with van der Waals surface area (Å²) in [5, 5.41) is 20.3. The van der Waals surface area contributed by atoms with Crippen molar-refractivity contribution < 1.29 is 18.6 Å². The standard InChI is InChI=1S/C27H24F2N6O2S/c1-19(27(36,15-33-17-30-16-31-33)24-12-7-21(28)13-25(24)29)35-26(38)34(18-32-35)22-8-10-23(11-9-22)37-14-20-5-3-2-4-6-20/h2-13,16-19,36H,14-15H2,1H3/t19-,27-/m1/s1. The van der Waals surface area contributed by atoms with E-state index in [9.17, 15) is 13.9 Å². The summed E-state index contributed by atoms with van der Waals surface area (Å²) in [6, 6.07) is 19.4. The number of ether oxygens (including phenoxy) is 1. The molecule has 194 valence electrons. The van der Waals surface area contributed by atoms with Gasteiger partial charge in [0.15, 0.2) is 0 Å². The smallest absolute Gasteiger partial charge is 0.202 e. The maximum atomic E-state index is 14.9. The van der Waals surface area contributed by atoms with Crippen LogP contribution in [-0.4, -0.2) is 34.2 Å². The summed E-state index contributed by atoms with van der Waals surface area (Å²) in [4.78, 5) is 3.90. The second kappa shape index (κ2) is 10.6. The maximum Gasteiger partial charge on any atom is 0.202 e. The second-order valence-electron chi connectivity index (χ2n) is 8.81. The molecule has 8 nitrogen and oxygen atoms in total. The molecule has 2 heterocycles. The quantitative estimate of drug-likeness (QED) is 0.268. The molecule has 0 unspecified atom stereocenters. The van der Waals surface area contributed by atoms with E-state index in [0.29, 0.717) is 12.4 Å². The topological polar surface area (TPSA) is 82.9 Å². The minimum Gasteiger partial charge on any atom is -0.489 e. The number of benzene rings is 3. The summed E-state index contributed by atoms with van der Waals surface area (Å²) in [7, 11) is 0. The van der Waals surface area contributed by atoms with Crippen LogP contribution >= 0.6 is 12.2 Å². The molecule has 2 aromatic heterocycles. The Balaban J connectivity index is 1.43. The van der Waals surface area contributed by atoms with Crippen molar-refractivity contribution in [1.82, 2.24) is 29.1 Å². The van der Waals surface area contributed by atoms with Crippen LogP contribution in [0.2, 0.25) is 0 Å². The lowest BCUT2D eigenvalue weighted by molar-refractivity contribution is -0.0375. The van der Waals surface area contributed by atoms with Gasteiger partial charge in [0.1, 0.15) is 48.6 Å². The van der Waals surface area contributed by atoms with E-state index >= 15 is 0 Å². The summed E-state index contributed by atoms with van der Waals surface area (Å²) in [5.74, 6) is -0.950. The third kappa shape index (κ3) is 5.11. The zero-order valence-corrected chi connectivity index (χ0v) is 21.2. The molecule has 1 N–H and O–H groups in total. The SMILES string of the molecule is C[C@@H](n1ncn(-c2ccc(OCc3ccccc3)cc2)c1=S)[C@](O)(Cn1cncn1)c1ccc(F)cc1F. The third-order valence-electron chi connectivity index (χ3n) is 6.38. The molecular formula is C27H24F2N6O2S. The fraction of sp³-hybridized carbons (Fsp3) is 0.185. The van der Waals surface area contributed by atoms with E-state index in [0.717, 1.165) is 23.4 Å². The summed E-state index contributed by atoms with van der Waals surface area (Å²) < 4.78 is 39.2. The van der Waals surface area contributed by atoms with E-state index in [1.54, 1.807) is 11.5 Å². The average molecular weight is 535 g/mol. The van der Waals surface area contributed by atoms with E-state index < -0.39 is 23.3 Å². The molecule has 0 bridgehead atoms. The summed E-state index contributed by atoms with van der Waals surface area (Å²) >= 11 is 5.68. The zero-order chi connectivity index (χ0) is 26.7. The largest absolute Gasteiger partial charge is 0.489 e. The normalized spacial score (nSPS) is 13.7. The highest BCUT2D eigenvalue weighted by molar-refractivity contribution is 7.71. The lowest BCUT2D eigenvalue weighted by Crippen LogP contribution is -2.41. The van der Waals surface area contributed by atoms with Gasteiger partial charge in [-0.15, -0.1) is 0 Å². The van der Waals surface area contributed by atoms with E-state index in [-0.39, 0.29) is 16.9 Å². The van der Waals surface area contributed by atoms with E-state index in [4.69, 9.17) is 17.0 Å². The Morgan fingerprint density at radius 3 is 2.45 bits per heavy atom. The van der Waals surface area contributed by atoms with Gasteiger partial charge < -0.3 is 9.84 Å². The first-order valence-corrected chi connectivity index (χ1v) is 12.2. The molecule has 0 spiro atoms. The molecule has 5 aromatic rings. The predicted molar refractivity (Wildman–Crippen MR) is 138 cm³/mol. The Labute approximate surface area is 222 Å². The number of aliphatic hydroxyl groups is 1. The van der Waals surface area contributed by atoms with E-state index in [2.05, 4.69) is 15.2 Å². The highest BCUT2D eigenvalue weighted by Crippen LogP contribution is 2.36. The molecule has 3 aromatic carbocycles. The van der Waals surface area contributed by atoms with Crippen molar-refractivity contribution in [3.63, 3.8) is 0 Å². The van der Waals surface area contributed by atoms with Gasteiger partial charge in [-0.3, -0.25) is 4.57 Å². The van der Waals surface area contributed by atoms with Crippen LogP contribution < -0.4 is 4.74 Å². The van der Waals surface area contributed by atoms with Crippen LogP contribution in [-0.2, 0) is 18.8 Å². The van der Waals surface area contributed by atoms with Gasteiger partial charge in [0, 0.05) is 17.3 Å². The molecule has 2 atom stereocenters. The first-order chi connectivity index (χ1) is 18.3. The monoisotopic (exact) mass is 534 g/mol. The van der Waals surface area contributed by atoms with Crippen molar-refractivity contribution in [3.8, 4) is 11.4 Å². The van der Waals surface area contributed by atoms with Gasteiger partial charge in [-0.25, -0.2) is 23.1 Å². The van der Waals surface area contributed by atoms with Crippen molar-refractivity contribution in [2.75, 3.05) is 0 Å².